The summed E-state index contributed by atoms with van der Waals surface area (Å²) in [5.41, 5.74) is 1.25. The second-order valence-electron chi connectivity index (χ2n) is 6.72. The molecule has 1 N–H and O–H groups in total. The summed E-state index contributed by atoms with van der Waals surface area (Å²) in [5.74, 6) is 1.84. The van der Waals surface area contributed by atoms with Gasteiger partial charge in [0, 0.05) is 0 Å². The van der Waals surface area contributed by atoms with Crippen molar-refractivity contribution in [2.75, 3.05) is 13.7 Å². The number of ether oxygens (including phenoxy) is 2. The van der Waals surface area contributed by atoms with Gasteiger partial charge in [0.1, 0.15) is 6.07 Å². The van der Waals surface area contributed by atoms with E-state index >= 15 is 0 Å². The van der Waals surface area contributed by atoms with Gasteiger partial charge in [-0.25, -0.2) is 4.98 Å². The molecule has 142 valence electrons. The van der Waals surface area contributed by atoms with E-state index in [1.807, 2.05) is 6.07 Å². The first-order valence-electron chi connectivity index (χ1n) is 8.94. The van der Waals surface area contributed by atoms with Crippen LogP contribution in [-0.4, -0.2) is 23.7 Å². The maximum absolute atomic E-state index is 12.3. The monoisotopic (exact) mass is 375 g/mol. The number of nitrogens with zero attached hydrogens (tertiary/aromatic N) is 2. The van der Waals surface area contributed by atoms with Crippen molar-refractivity contribution in [1.82, 2.24) is 9.97 Å². The molecule has 6 heteroatoms. The summed E-state index contributed by atoms with van der Waals surface area (Å²) in [6.07, 6.45) is 1.65. The lowest BCUT2D eigenvalue weighted by Gasteiger charge is -2.13. The Labute approximate surface area is 163 Å². The number of fused-ring (bicyclic) bond motifs is 1. The second-order valence-corrected chi connectivity index (χ2v) is 6.72. The summed E-state index contributed by atoms with van der Waals surface area (Å²) in [7, 11) is 1.57. The van der Waals surface area contributed by atoms with Gasteiger partial charge in [-0.3, -0.25) is 4.79 Å². The van der Waals surface area contributed by atoms with E-state index in [0.29, 0.717) is 34.9 Å². The molecule has 3 aromatic rings. The number of para-hydroxylation sites is 1. The van der Waals surface area contributed by atoms with E-state index in [1.54, 1.807) is 49.6 Å². The van der Waals surface area contributed by atoms with Crippen LogP contribution in [0, 0.1) is 17.2 Å². The molecular weight excluding hydrogens is 354 g/mol. The van der Waals surface area contributed by atoms with Crippen LogP contribution >= 0.6 is 0 Å². The van der Waals surface area contributed by atoms with Crippen LogP contribution < -0.4 is 15.0 Å². The Hall–Kier alpha value is -3.59. The van der Waals surface area contributed by atoms with Gasteiger partial charge in [-0.05, 0) is 41.8 Å². The zero-order valence-electron chi connectivity index (χ0n) is 16.0. The molecule has 0 amide bonds. The third-order valence-electron chi connectivity index (χ3n) is 4.06. The highest BCUT2D eigenvalue weighted by Crippen LogP contribution is 2.30. The van der Waals surface area contributed by atoms with Gasteiger partial charge in [0.25, 0.3) is 5.56 Å². The Balaban J connectivity index is 1.99. The van der Waals surface area contributed by atoms with Crippen LogP contribution in [-0.2, 0) is 0 Å². The maximum atomic E-state index is 12.3. The number of benzene rings is 2. The maximum Gasteiger partial charge on any atom is 0.259 e. The van der Waals surface area contributed by atoms with Gasteiger partial charge in [-0.15, -0.1) is 0 Å². The Bertz CT molecular complexity index is 1120. The fraction of sp³-hybridized carbons (Fsp3) is 0.227. The standard InChI is InChI=1S/C22H21N3O3/c1-14(2)13-28-19-9-8-15(11-20(19)27-3)10-16(12-23)21-24-18-7-5-4-6-17(18)22(26)25-21/h4-11,14H,13H2,1-3H3,(H,24,25,26). The fourth-order valence-electron chi connectivity index (χ4n) is 2.68. The quantitative estimate of drug-likeness (QED) is 0.657. The molecular formula is C22H21N3O3. The minimum atomic E-state index is -0.281. The molecule has 0 bridgehead atoms. The van der Waals surface area contributed by atoms with E-state index in [4.69, 9.17) is 9.47 Å². The molecule has 0 fully saturated rings. The van der Waals surface area contributed by atoms with E-state index in [0.717, 1.165) is 5.56 Å². The largest absolute Gasteiger partial charge is 0.493 e. The molecule has 0 aliphatic carbocycles. The molecule has 2 aromatic carbocycles. The zero-order chi connectivity index (χ0) is 20.1. The molecule has 3 rings (SSSR count). The number of nitrogens with one attached hydrogen (secondary N) is 1. The fourth-order valence-corrected chi connectivity index (χ4v) is 2.68. The van der Waals surface area contributed by atoms with Crippen LogP contribution in [0.1, 0.15) is 25.2 Å². The second kappa shape index (κ2) is 8.40. The third-order valence-corrected chi connectivity index (χ3v) is 4.06. The van der Waals surface area contributed by atoms with Gasteiger partial charge in [0.15, 0.2) is 17.3 Å². The molecule has 0 aliphatic heterocycles. The Morgan fingerprint density at radius 1 is 1.25 bits per heavy atom. The van der Waals surface area contributed by atoms with Crippen molar-refractivity contribution < 1.29 is 9.47 Å². The third kappa shape index (κ3) is 4.21. The molecule has 0 spiro atoms. The molecule has 0 radical (unpaired) electrons. The zero-order valence-corrected chi connectivity index (χ0v) is 16.0. The highest BCUT2D eigenvalue weighted by molar-refractivity contribution is 5.89. The van der Waals surface area contributed by atoms with Gasteiger partial charge >= 0.3 is 0 Å². The number of aromatic amines is 1. The number of H-pyrrole nitrogens is 1. The van der Waals surface area contributed by atoms with E-state index in [2.05, 4.69) is 29.9 Å². The Morgan fingerprint density at radius 3 is 2.75 bits per heavy atom. The van der Waals surface area contributed by atoms with Gasteiger partial charge in [0.2, 0.25) is 0 Å². The highest BCUT2D eigenvalue weighted by Gasteiger charge is 2.10. The van der Waals surface area contributed by atoms with Crippen molar-refractivity contribution in [3.05, 3.63) is 64.2 Å². The first-order chi connectivity index (χ1) is 13.5. The summed E-state index contributed by atoms with van der Waals surface area (Å²) >= 11 is 0. The lowest BCUT2D eigenvalue weighted by molar-refractivity contribution is 0.257. The van der Waals surface area contributed by atoms with Crippen molar-refractivity contribution >= 4 is 22.6 Å². The number of hydrogen-bond donors (Lipinski definition) is 1. The molecule has 0 saturated heterocycles. The highest BCUT2D eigenvalue weighted by atomic mass is 16.5. The van der Waals surface area contributed by atoms with Crippen LogP contribution in [0.5, 0.6) is 11.5 Å². The molecule has 0 unspecified atom stereocenters. The normalized spacial score (nSPS) is 11.5. The number of nitriles is 1. The van der Waals surface area contributed by atoms with Gasteiger partial charge < -0.3 is 14.5 Å². The first kappa shape index (κ1) is 19.2. The molecule has 28 heavy (non-hydrogen) atoms. The molecule has 1 heterocycles. The Morgan fingerprint density at radius 2 is 2.04 bits per heavy atom. The van der Waals surface area contributed by atoms with E-state index in [-0.39, 0.29) is 17.0 Å². The van der Waals surface area contributed by atoms with E-state index in [9.17, 15) is 10.1 Å². The average Bonchev–Trinajstić information content (AvgIpc) is 2.70. The van der Waals surface area contributed by atoms with Crippen molar-refractivity contribution in [3.63, 3.8) is 0 Å². The van der Waals surface area contributed by atoms with Gasteiger partial charge in [0.05, 0.1) is 30.2 Å². The van der Waals surface area contributed by atoms with E-state index < -0.39 is 0 Å². The molecule has 0 saturated carbocycles. The first-order valence-corrected chi connectivity index (χ1v) is 8.94. The lowest BCUT2D eigenvalue weighted by Crippen LogP contribution is -2.11. The number of hydrogen-bond acceptors (Lipinski definition) is 5. The number of aromatic nitrogens is 2. The molecule has 0 atom stereocenters. The van der Waals surface area contributed by atoms with Crippen molar-refractivity contribution in [1.29, 1.82) is 5.26 Å². The summed E-state index contributed by atoms with van der Waals surface area (Å²) in [5, 5.41) is 10.1. The Kier molecular flexibility index (Phi) is 5.75. The van der Waals surface area contributed by atoms with Gasteiger partial charge in [-0.2, -0.15) is 5.26 Å². The van der Waals surface area contributed by atoms with Crippen LogP contribution in [0.15, 0.2) is 47.3 Å². The summed E-state index contributed by atoms with van der Waals surface area (Å²) < 4.78 is 11.2. The molecule has 1 aromatic heterocycles. The minimum Gasteiger partial charge on any atom is -0.493 e. The van der Waals surface area contributed by atoms with Crippen LogP contribution in [0.4, 0.5) is 0 Å². The molecule has 0 aliphatic rings. The predicted octanol–water partition coefficient (Wildman–Crippen LogP) is 4.03. The van der Waals surface area contributed by atoms with Crippen LogP contribution in [0.2, 0.25) is 0 Å². The van der Waals surface area contributed by atoms with Crippen LogP contribution in [0.3, 0.4) is 0 Å². The van der Waals surface area contributed by atoms with Gasteiger partial charge in [-0.1, -0.05) is 32.0 Å². The summed E-state index contributed by atoms with van der Waals surface area (Å²) in [4.78, 5) is 19.4. The summed E-state index contributed by atoms with van der Waals surface area (Å²) in [6.45, 7) is 4.72. The van der Waals surface area contributed by atoms with Crippen molar-refractivity contribution in [2.24, 2.45) is 5.92 Å². The minimum absolute atomic E-state index is 0.227. The smallest absolute Gasteiger partial charge is 0.259 e. The van der Waals surface area contributed by atoms with Crippen LogP contribution in [0.25, 0.3) is 22.6 Å². The number of rotatable bonds is 6. The van der Waals surface area contributed by atoms with Crippen molar-refractivity contribution in [2.45, 2.75) is 13.8 Å². The predicted molar refractivity (Wildman–Crippen MR) is 109 cm³/mol. The number of methoxy groups -OCH3 is 1. The number of allylic oxidation sites excluding steroid dienone is 1. The van der Waals surface area contributed by atoms with Crippen molar-refractivity contribution in [3.8, 4) is 17.6 Å². The topological polar surface area (TPSA) is 88.0 Å². The SMILES string of the molecule is COc1cc(C=C(C#N)c2nc3ccccc3c(=O)[nH]2)ccc1OCC(C)C. The van der Waals surface area contributed by atoms with E-state index in [1.165, 1.54) is 0 Å². The average molecular weight is 375 g/mol. The lowest BCUT2D eigenvalue weighted by atomic mass is 10.1. The molecule has 6 nitrogen and oxygen atoms in total. The summed E-state index contributed by atoms with van der Waals surface area (Å²) in [6, 6.07) is 14.5.